The molecule has 0 aromatic heterocycles. The summed E-state index contributed by atoms with van der Waals surface area (Å²) in [5.74, 6) is -2.15. The van der Waals surface area contributed by atoms with Crippen molar-refractivity contribution in [3.63, 3.8) is 0 Å². The van der Waals surface area contributed by atoms with E-state index in [2.05, 4.69) is 11.3 Å². The largest absolute Gasteiger partial charge is 0.461 e. The van der Waals surface area contributed by atoms with Gasteiger partial charge in [-0.1, -0.05) is 56.0 Å². The van der Waals surface area contributed by atoms with Gasteiger partial charge in [-0.2, -0.15) is 17.6 Å². The third-order valence-corrected chi connectivity index (χ3v) is 4.52. The first kappa shape index (κ1) is 23.3. The molecule has 0 fully saturated rings. The summed E-state index contributed by atoms with van der Waals surface area (Å²) < 4.78 is 83.2. The van der Waals surface area contributed by atoms with Gasteiger partial charge in [-0.15, -0.1) is 0 Å². The summed E-state index contributed by atoms with van der Waals surface area (Å²) >= 11 is 0. The molecule has 0 aliphatic heterocycles. The number of hydrogen-bond donors (Lipinski definition) is 0. The summed E-state index contributed by atoms with van der Waals surface area (Å²) in [6, 6.07) is 8.20. The molecule has 30 heavy (non-hydrogen) atoms. The molecule has 0 bridgehead atoms. The first-order valence-electron chi connectivity index (χ1n) is 8.95. The van der Waals surface area contributed by atoms with Crippen molar-refractivity contribution in [3.05, 3.63) is 102 Å². The van der Waals surface area contributed by atoms with Crippen molar-refractivity contribution in [1.82, 2.24) is 0 Å². The number of alkyl halides is 4. The summed E-state index contributed by atoms with van der Waals surface area (Å²) in [6.07, 6.45) is -0.141. The Hall–Kier alpha value is -2.96. The van der Waals surface area contributed by atoms with Gasteiger partial charge in [0.1, 0.15) is 17.4 Å². The maximum Gasteiger partial charge on any atom is 0.461 e. The molecule has 0 heterocycles. The predicted molar refractivity (Wildman–Crippen MR) is 104 cm³/mol. The van der Waals surface area contributed by atoms with Gasteiger partial charge in [0.15, 0.2) is 0 Å². The molecule has 2 rings (SSSR count). The molecule has 0 saturated heterocycles. The van der Waals surface area contributed by atoms with Crippen molar-refractivity contribution in [2.24, 2.45) is 0 Å². The van der Waals surface area contributed by atoms with E-state index in [1.54, 1.807) is 37.3 Å². The molecule has 0 aliphatic rings. The Labute approximate surface area is 171 Å². The highest BCUT2D eigenvalue weighted by molar-refractivity contribution is 5.43. The van der Waals surface area contributed by atoms with Crippen molar-refractivity contribution in [2.75, 3.05) is 0 Å². The fraction of sp³-hybridized carbons (Fsp3) is 0.217. The van der Waals surface area contributed by atoms with Crippen LogP contribution in [0.1, 0.15) is 24.5 Å². The van der Waals surface area contributed by atoms with Crippen molar-refractivity contribution in [3.8, 4) is 5.75 Å². The molecule has 0 spiro atoms. The summed E-state index contributed by atoms with van der Waals surface area (Å²) in [7, 11) is 0. The van der Waals surface area contributed by atoms with Crippen LogP contribution in [0.25, 0.3) is 0 Å². The van der Waals surface area contributed by atoms with Crippen LogP contribution in [0.2, 0.25) is 0 Å². The number of allylic oxidation sites excluding steroid dienone is 5. The second kappa shape index (κ2) is 9.69. The van der Waals surface area contributed by atoms with Crippen molar-refractivity contribution < 1.29 is 31.1 Å². The monoisotopic (exact) mass is 426 g/mol. The molecule has 1 nitrogen and oxygen atoms in total. The van der Waals surface area contributed by atoms with E-state index in [0.29, 0.717) is 11.6 Å². The second-order valence-electron chi connectivity index (χ2n) is 6.73. The third-order valence-electron chi connectivity index (χ3n) is 4.52. The van der Waals surface area contributed by atoms with Gasteiger partial charge >= 0.3 is 12.5 Å². The summed E-state index contributed by atoms with van der Waals surface area (Å²) in [4.78, 5) is 0. The second-order valence-corrected chi connectivity index (χ2v) is 6.73. The minimum Gasteiger partial charge on any atom is -0.428 e. The van der Waals surface area contributed by atoms with E-state index in [4.69, 9.17) is 0 Å². The lowest BCUT2D eigenvalue weighted by atomic mass is 9.73. The lowest BCUT2D eigenvalue weighted by Crippen LogP contribution is -2.33. The molecule has 2 aromatic carbocycles. The van der Waals surface area contributed by atoms with E-state index in [9.17, 15) is 26.3 Å². The normalized spacial score (nSPS) is 14.4. The molecule has 160 valence electrons. The minimum absolute atomic E-state index is 0.200. The average Bonchev–Trinajstić information content (AvgIpc) is 2.67. The summed E-state index contributed by atoms with van der Waals surface area (Å²) in [5.41, 5.74) is -0.225. The van der Waals surface area contributed by atoms with E-state index < -0.39 is 35.3 Å². The number of hydrogen-bond acceptors (Lipinski definition) is 1. The van der Waals surface area contributed by atoms with Crippen LogP contribution in [0.3, 0.4) is 0 Å². The average molecular weight is 426 g/mol. The van der Waals surface area contributed by atoms with E-state index in [1.165, 1.54) is 24.3 Å². The van der Waals surface area contributed by atoms with Crippen LogP contribution >= 0.6 is 0 Å². The van der Waals surface area contributed by atoms with Gasteiger partial charge in [0.25, 0.3) is 0 Å². The molecular weight excluding hydrogens is 406 g/mol. The molecular formula is C23H20F6O. The maximum atomic E-state index is 14.2. The molecule has 7 heteroatoms. The number of ether oxygens (including phenoxy) is 1. The smallest absolute Gasteiger partial charge is 0.428 e. The topological polar surface area (TPSA) is 9.23 Å². The standard InChI is InChI=1S/C23H20F6O/c1-3-4-5-6-7-12-22(2,16-8-10-18(24)11-9-16)17-13-19(25)15-20(14-17)30-23(28,29)21(26)27/h3-11,13-15,21H,1,12H2,2H3/b5-4-,7-6+/t22-/m0/s1. The minimum atomic E-state index is -4.77. The van der Waals surface area contributed by atoms with Gasteiger partial charge in [0.05, 0.1) is 0 Å². The van der Waals surface area contributed by atoms with Gasteiger partial charge in [-0.3, -0.25) is 0 Å². The van der Waals surface area contributed by atoms with Crippen LogP contribution in [0.5, 0.6) is 5.75 Å². The van der Waals surface area contributed by atoms with E-state index >= 15 is 0 Å². The Morgan fingerprint density at radius 1 is 0.933 bits per heavy atom. The fourth-order valence-corrected chi connectivity index (χ4v) is 2.89. The van der Waals surface area contributed by atoms with E-state index in [0.717, 1.165) is 12.1 Å². The molecule has 0 saturated carbocycles. The molecule has 0 amide bonds. The zero-order valence-electron chi connectivity index (χ0n) is 16.1. The van der Waals surface area contributed by atoms with Crippen LogP contribution in [0.15, 0.2) is 79.4 Å². The van der Waals surface area contributed by atoms with Crippen LogP contribution in [-0.4, -0.2) is 12.5 Å². The number of benzene rings is 2. The van der Waals surface area contributed by atoms with Gasteiger partial charge in [-0.05, 0) is 41.8 Å². The van der Waals surface area contributed by atoms with Gasteiger partial charge < -0.3 is 4.74 Å². The van der Waals surface area contributed by atoms with Crippen molar-refractivity contribution >= 4 is 0 Å². The molecule has 0 aliphatic carbocycles. The van der Waals surface area contributed by atoms with Crippen LogP contribution in [-0.2, 0) is 5.41 Å². The number of rotatable bonds is 9. The van der Waals surface area contributed by atoms with Crippen LogP contribution in [0, 0.1) is 11.6 Å². The highest BCUT2D eigenvalue weighted by atomic mass is 19.3. The Kier molecular flexibility index (Phi) is 7.54. The lowest BCUT2D eigenvalue weighted by Gasteiger charge is -2.31. The summed E-state index contributed by atoms with van der Waals surface area (Å²) in [5, 5.41) is 0. The Bertz CT molecular complexity index is 918. The summed E-state index contributed by atoms with van der Waals surface area (Å²) in [6.45, 7) is 5.24. The molecule has 1 atom stereocenters. The van der Waals surface area contributed by atoms with E-state index in [1.807, 2.05) is 0 Å². The molecule has 2 aromatic rings. The fourth-order valence-electron chi connectivity index (χ4n) is 2.89. The third kappa shape index (κ3) is 5.78. The molecule has 0 N–H and O–H groups in total. The van der Waals surface area contributed by atoms with Gasteiger partial charge in [0.2, 0.25) is 0 Å². The molecule has 0 radical (unpaired) electrons. The first-order chi connectivity index (χ1) is 14.1. The van der Waals surface area contributed by atoms with Crippen LogP contribution in [0.4, 0.5) is 26.3 Å². The zero-order valence-corrected chi connectivity index (χ0v) is 16.1. The first-order valence-corrected chi connectivity index (χ1v) is 8.95. The Balaban J connectivity index is 2.52. The quantitative estimate of drug-likeness (QED) is 0.304. The Morgan fingerprint density at radius 3 is 2.20 bits per heavy atom. The highest BCUT2D eigenvalue weighted by Crippen LogP contribution is 2.39. The van der Waals surface area contributed by atoms with Crippen LogP contribution < -0.4 is 4.74 Å². The van der Waals surface area contributed by atoms with E-state index in [-0.39, 0.29) is 12.0 Å². The predicted octanol–water partition coefficient (Wildman–Crippen LogP) is 7.20. The van der Waals surface area contributed by atoms with Crippen molar-refractivity contribution in [1.29, 1.82) is 0 Å². The van der Waals surface area contributed by atoms with Crippen molar-refractivity contribution in [2.45, 2.75) is 31.3 Å². The lowest BCUT2D eigenvalue weighted by molar-refractivity contribution is -0.253. The van der Waals surface area contributed by atoms with Gasteiger partial charge in [-0.25, -0.2) is 8.78 Å². The zero-order chi connectivity index (χ0) is 22.4. The SMILES string of the molecule is C=C/C=C\C=C\C[C@@](C)(c1ccc(F)cc1)c1cc(F)cc(OC(F)(F)C(F)F)c1. The van der Waals surface area contributed by atoms with Gasteiger partial charge in [0, 0.05) is 11.5 Å². The maximum absolute atomic E-state index is 14.2. The number of halogens is 6. The highest BCUT2D eigenvalue weighted by Gasteiger charge is 2.44. The Morgan fingerprint density at radius 2 is 1.60 bits per heavy atom. The molecule has 0 unspecified atom stereocenters.